The van der Waals surface area contributed by atoms with E-state index in [0.29, 0.717) is 12.3 Å². The van der Waals surface area contributed by atoms with Gasteiger partial charge in [0.1, 0.15) is 6.04 Å². The first-order valence-corrected chi connectivity index (χ1v) is 6.64. The third-order valence-electron chi connectivity index (χ3n) is 3.38. The molecule has 1 amide bonds. The number of methoxy groups -OCH3 is 1. The number of nitrogens with one attached hydrogen (secondary N) is 1. The predicted octanol–water partition coefficient (Wildman–Crippen LogP) is 1.67. The number of rotatable bonds is 6. The number of amides is 1. The number of ether oxygens (including phenoxy) is 1. The number of benzene rings is 1. The third kappa shape index (κ3) is 4.01. The molecule has 0 saturated heterocycles. The molecule has 2 rings (SSSR count). The molecule has 0 unspecified atom stereocenters. The number of carbonyl (C=O) groups is 2. The lowest BCUT2D eigenvalue weighted by Crippen LogP contribution is -2.41. The molecule has 1 aliphatic carbocycles. The number of non-ortho nitro benzene ring substituents is 1. The second-order valence-electron chi connectivity index (χ2n) is 5.04. The standard InChI is InChI=1S/C14H16N2O5/c1-21-14(18)12(7-9-5-6-9)15-13(17)10-3-2-4-11(8-10)16(19)20/h2-4,8-9,12H,5-7H2,1H3,(H,15,17)/t12-/m0/s1. The quantitative estimate of drug-likeness (QED) is 0.488. The van der Waals surface area contributed by atoms with E-state index in [2.05, 4.69) is 10.1 Å². The Kier molecular flexibility index (Phi) is 4.52. The topological polar surface area (TPSA) is 98.5 Å². The van der Waals surface area contributed by atoms with Crippen LogP contribution in [0.25, 0.3) is 0 Å². The summed E-state index contributed by atoms with van der Waals surface area (Å²) in [4.78, 5) is 33.9. The highest BCUT2D eigenvalue weighted by molar-refractivity contribution is 5.97. The van der Waals surface area contributed by atoms with Crippen LogP contribution in [0.2, 0.25) is 0 Å². The van der Waals surface area contributed by atoms with Crippen LogP contribution in [-0.4, -0.2) is 30.0 Å². The third-order valence-corrected chi connectivity index (χ3v) is 3.38. The molecule has 112 valence electrons. The van der Waals surface area contributed by atoms with E-state index in [1.165, 1.54) is 31.4 Å². The smallest absolute Gasteiger partial charge is 0.328 e. The van der Waals surface area contributed by atoms with E-state index < -0.39 is 22.8 Å². The number of hydrogen-bond donors (Lipinski definition) is 1. The molecule has 0 bridgehead atoms. The van der Waals surface area contributed by atoms with Crippen LogP contribution in [-0.2, 0) is 9.53 Å². The summed E-state index contributed by atoms with van der Waals surface area (Å²) < 4.78 is 4.68. The highest BCUT2D eigenvalue weighted by Crippen LogP contribution is 2.33. The fourth-order valence-corrected chi connectivity index (χ4v) is 2.05. The van der Waals surface area contributed by atoms with Gasteiger partial charge in [0.2, 0.25) is 0 Å². The molecule has 1 aliphatic rings. The Bertz CT molecular complexity index is 568. The lowest BCUT2D eigenvalue weighted by atomic mass is 10.1. The fourth-order valence-electron chi connectivity index (χ4n) is 2.05. The van der Waals surface area contributed by atoms with Gasteiger partial charge in [0.05, 0.1) is 12.0 Å². The van der Waals surface area contributed by atoms with Gasteiger partial charge in [-0.15, -0.1) is 0 Å². The van der Waals surface area contributed by atoms with Crippen LogP contribution < -0.4 is 5.32 Å². The maximum Gasteiger partial charge on any atom is 0.328 e. The van der Waals surface area contributed by atoms with E-state index in [-0.39, 0.29) is 11.3 Å². The molecule has 1 N–H and O–H groups in total. The molecule has 0 spiro atoms. The summed E-state index contributed by atoms with van der Waals surface area (Å²) in [7, 11) is 1.27. The molecule has 0 heterocycles. The minimum atomic E-state index is -0.714. The molecule has 1 saturated carbocycles. The highest BCUT2D eigenvalue weighted by Gasteiger charge is 2.31. The van der Waals surface area contributed by atoms with Gasteiger partial charge >= 0.3 is 5.97 Å². The Morgan fingerprint density at radius 2 is 2.19 bits per heavy atom. The van der Waals surface area contributed by atoms with E-state index in [1.54, 1.807) is 0 Å². The normalized spacial score (nSPS) is 15.1. The van der Waals surface area contributed by atoms with Gasteiger partial charge in [-0.3, -0.25) is 14.9 Å². The fraction of sp³-hybridized carbons (Fsp3) is 0.429. The van der Waals surface area contributed by atoms with Crippen molar-refractivity contribution >= 4 is 17.6 Å². The molecule has 1 fully saturated rings. The van der Waals surface area contributed by atoms with Crippen LogP contribution in [0, 0.1) is 16.0 Å². The molecular formula is C14H16N2O5. The van der Waals surface area contributed by atoms with Crippen molar-refractivity contribution in [2.75, 3.05) is 7.11 Å². The first-order valence-electron chi connectivity index (χ1n) is 6.64. The van der Waals surface area contributed by atoms with Gasteiger partial charge in [0.25, 0.3) is 11.6 Å². The molecule has 1 aromatic rings. The average molecular weight is 292 g/mol. The second-order valence-corrected chi connectivity index (χ2v) is 5.04. The van der Waals surface area contributed by atoms with E-state index in [9.17, 15) is 19.7 Å². The Morgan fingerprint density at radius 1 is 1.48 bits per heavy atom. The van der Waals surface area contributed by atoms with Gasteiger partial charge in [0, 0.05) is 17.7 Å². The number of nitro benzene ring substituents is 1. The minimum Gasteiger partial charge on any atom is -0.467 e. The summed E-state index contributed by atoms with van der Waals surface area (Å²) in [5.41, 5.74) is -0.0200. The van der Waals surface area contributed by atoms with E-state index >= 15 is 0 Å². The number of carbonyl (C=O) groups excluding carboxylic acids is 2. The Labute approximate surface area is 121 Å². The number of hydrogen-bond acceptors (Lipinski definition) is 5. The van der Waals surface area contributed by atoms with Crippen molar-refractivity contribution in [3.8, 4) is 0 Å². The van der Waals surface area contributed by atoms with E-state index in [4.69, 9.17) is 0 Å². The maximum atomic E-state index is 12.1. The first-order chi connectivity index (χ1) is 10.0. The summed E-state index contributed by atoms with van der Waals surface area (Å²) in [5, 5.41) is 13.3. The largest absolute Gasteiger partial charge is 0.467 e. The van der Waals surface area contributed by atoms with Gasteiger partial charge in [-0.05, 0) is 18.4 Å². The van der Waals surface area contributed by atoms with Crippen molar-refractivity contribution in [3.05, 3.63) is 39.9 Å². The predicted molar refractivity (Wildman–Crippen MR) is 73.7 cm³/mol. The SMILES string of the molecule is COC(=O)[C@H](CC1CC1)NC(=O)c1cccc([N+](=O)[O-])c1. The molecule has 0 aromatic heterocycles. The van der Waals surface area contributed by atoms with Gasteiger partial charge in [-0.25, -0.2) is 4.79 Å². The Morgan fingerprint density at radius 3 is 2.76 bits per heavy atom. The zero-order valence-corrected chi connectivity index (χ0v) is 11.6. The van der Waals surface area contributed by atoms with Crippen LogP contribution in [0.3, 0.4) is 0 Å². The lowest BCUT2D eigenvalue weighted by Gasteiger charge is -2.16. The zero-order chi connectivity index (χ0) is 15.4. The molecular weight excluding hydrogens is 276 g/mol. The number of esters is 1. The summed E-state index contributed by atoms with van der Waals surface area (Å²) in [5.74, 6) is -0.588. The Balaban J connectivity index is 2.08. The average Bonchev–Trinajstić information content (AvgIpc) is 3.29. The molecule has 21 heavy (non-hydrogen) atoms. The van der Waals surface area contributed by atoms with Crippen molar-refractivity contribution in [3.63, 3.8) is 0 Å². The molecule has 1 aromatic carbocycles. The van der Waals surface area contributed by atoms with Crippen molar-refractivity contribution in [1.29, 1.82) is 0 Å². The summed E-state index contributed by atoms with van der Waals surface area (Å²) in [6, 6.07) is 4.67. The van der Waals surface area contributed by atoms with Crippen LogP contribution in [0.4, 0.5) is 5.69 Å². The first kappa shape index (κ1) is 15.0. The summed E-state index contributed by atoms with van der Waals surface area (Å²) in [6.07, 6.45) is 2.62. The van der Waals surface area contributed by atoms with Crippen LogP contribution in [0.15, 0.2) is 24.3 Å². The molecule has 7 nitrogen and oxygen atoms in total. The van der Waals surface area contributed by atoms with Gasteiger partial charge in [-0.1, -0.05) is 18.9 Å². The Hall–Kier alpha value is -2.44. The minimum absolute atomic E-state index is 0.147. The number of nitro groups is 1. The lowest BCUT2D eigenvalue weighted by molar-refractivity contribution is -0.384. The molecule has 7 heteroatoms. The highest BCUT2D eigenvalue weighted by atomic mass is 16.6. The van der Waals surface area contributed by atoms with Gasteiger partial charge in [0.15, 0.2) is 0 Å². The van der Waals surface area contributed by atoms with Crippen molar-refractivity contribution in [2.45, 2.75) is 25.3 Å². The van der Waals surface area contributed by atoms with E-state index in [1.807, 2.05) is 0 Å². The zero-order valence-electron chi connectivity index (χ0n) is 11.6. The van der Waals surface area contributed by atoms with Gasteiger partial charge < -0.3 is 10.1 Å². The summed E-state index contributed by atoms with van der Waals surface area (Å²) >= 11 is 0. The van der Waals surface area contributed by atoms with Crippen molar-refractivity contribution in [1.82, 2.24) is 5.32 Å². The summed E-state index contributed by atoms with van der Waals surface area (Å²) in [6.45, 7) is 0. The van der Waals surface area contributed by atoms with Crippen LogP contribution in [0.5, 0.6) is 0 Å². The molecule has 0 radical (unpaired) electrons. The van der Waals surface area contributed by atoms with Gasteiger partial charge in [-0.2, -0.15) is 0 Å². The van der Waals surface area contributed by atoms with Crippen molar-refractivity contribution < 1.29 is 19.2 Å². The molecule has 0 aliphatic heterocycles. The van der Waals surface area contributed by atoms with Crippen molar-refractivity contribution in [2.24, 2.45) is 5.92 Å². The van der Waals surface area contributed by atoms with Crippen LogP contribution >= 0.6 is 0 Å². The monoisotopic (exact) mass is 292 g/mol. The number of nitrogens with zero attached hydrogens (tertiary/aromatic N) is 1. The van der Waals surface area contributed by atoms with Crippen LogP contribution in [0.1, 0.15) is 29.6 Å². The molecule has 1 atom stereocenters. The van der Waals surface area contributed by atoms with E-state index in [0.717, 1.165) is 12.8 Å². The maximum absolute atomic E-state index is 12.1. The second kappa shape index (κ2) is 6.34.